The molecule has 0 aromatic heterocycles. The molecule has 4 nitrogen and oxygen atoms in total. The number of aliphatic imine (C=N–C) groups is 1. The Hall–Kier alpha value is -0.480. The van der Waals surface area contributed by atoms with Crippen molar-refractivity contribution in [3.63, 3.8) is 0 Å². The number of benzene rings is 1. The summed E-state index contributed by atoms with van der Waals surface area (Å²) in [6.07, 6.45) is -2.37. The quantitative estimate of drug-likeness (QED) is 0.377. The van der Waals surface area contributed by atoms with Crippen LogP contribution >= 0.6 is 39.9 Å². The Morgan fingerprint density at radius 1 is 1.21 bits per heavy atom. The van der Waals surface area contributed by atoms with Crippen molar-refractivity contribution >= 4 is 45.9 Å². The molecule has 1 unspecified atom stereocenters. The van der Waals surface area contributed by atoms with Gasteiger partial charge in [0, 0.05) is 43.7 Å². The summed E-state index contributed by atoms with van der Waals surface area (Å²) >= 11 is 3.45. The van der Waals surface area contributed by atoms with E-state index in [1.807, 2.05) is 4.90 Å². The van der Waals surface area contributed by atoms with Crippen LogP contribution in [0.4, 0.5) is 8.78 Å². The number of halogens is 4. The fourth-order valence-corrected chi connectivity index (χ4v) is 3.04. The van der Waals surface area contributed by atoms with E-state index in [2.05, 4.69) is 62.3 Å². The molecule has 136 valence electrons. The first-order chi connectivity index (χ1) is 11.0. The molecular formula is C16H24BrF2IN4. The topological polar surface area (TPSA) is 30.9 Å². The van der Waals surface area contributed by atoms with Crippen LogP contribution in [0.3, 0.4) is 0 Å². The Labute approximate surface area is 167 Å². The molecule has 0 saturated carbocycles. The lowest BCUT2D eigenvalue weighted by molar-refractivity contribution is 0.132. The minimum Gasteiger partial charge on any atom is -0.351 e. The normalized spacial score (nSPS) is 17.6. The molecule has 0 radical (unpaired) electrons. The molecule has 1 aromatic rings. The largest absolute Gasteiger partial charge is 0.351 e. The van der Waals surface area contributed by atoms with Crippen LogP contribution in [0, 0.1) is 0 Å². The number of rotatable bonds is 4. The number of nitrogens with zero attached hydrogens (tertiary/aromatic N) is 3. The van der Waals surface area contributed by atoms with Crippen LogP contribution in [-0.2, 0) is 0 Å². The van der Waals surface area contributed by atoms with Crippen LogP contribution in [0.5, 0.6) is 0 Å². The standard InChI is InChI=1S/C16H23BrF2N4.HI/c1-12(13-3-5-14(17)6-4-13)22-7-9-23(10-8-22)16(20-2)21-11-15(18)19;/h3-6,12,15H,7-11H2,1-2H3,(H,20,21);1H. The summed E-state index contributed by atoms with van der Waals surface area (Å²) in [5.74, 6) is 0.557. The first-order valence-electron chi connectivity index (χ1n) is 7.74. The first kappa shape index (κ1) is 21.6. The summed E-state index contributed by atoms with van der Waals surface area (Å²) in [6.45, 7) is 5.16. The van der Waals surface area contributed by atoms with Gasteiger partial charge >= 0.3 is 0 Å². The van der Waals surface area contributed by atoms with Gasteiger partial charge in [-0.05, 0) is 24.6 Å². The lowest BCUT2D eigenvalue weighted by Gasteiger charge is -2.39. The molecule has 1 N–H and O–H groups in total. The Bertz CT molecular complexity index is 519. The molecule has 0 spiro atoms. The highest BCUT2D eigenvalue weighted by molar-refractivity contribution is 14.0. The van der Waals surface area contributed by atoms with Crippen molar-refractivity contribution in [1.82, 2.24) is 15.1 Å². The molecule has 0 bridgehead atoms. The zero-order valence-corrected chi connectivity index (χ0v) is 17.8. The van der Waals surface area contributed by atoms with Crippen LogP contribution in [0.1, 0.15) is 18.5 Å². The molecule has 1 atom stereocenters. The average molecular weight is 517 g/mol. The Kier molecular flexibility index (Phi) is 9.43. The van der Waals surface area contributed by atoms with E-state index < -0.39 is 6.43 Å². The molecule has 1 aliphatic rings. The summed E-state index contributed by atoms with van der Waals surface area (Å²) in [4.78, 5) is 8.53. The van der Waals surface area contributed by atoms with E-state index in [-0.39, 0.29) is 30.5 Å². The molecule has 0 aliphatic carbocycles. The third kappa shape index (κ3) is 6.11. The maximum atomic E-state index is 12.3. The zero-order chi connectivity index (χ0) is 16.8. The second-order valence-corrected chi connectivity index (χ2v) is 6.49. The van der Waals surface area contributed by atoms with Gasteiger partial charge in [0.1, 0.15) is 0 Å². The lowest BCUT2D eigenvalue weighted by Crippen LogP contribution is -2.53. The van der Waals surface area contributed by atoms with E-state index in [4.69, 9.17) is 0 Å². The molecule has 1 aromatic carbocycles. The van der Waals surface area contributed by atoms with Crippen molar-refractivity contribution in [3.8, 4) is 0 Å². The van der Waals surface area contributed by atoms with Crippen molar-refractivity contribution in [2.45, 2.75) is 19.4 Å². The summed E-state index contributed by atoms with van der Waals surface area (Å²) < 4.78 is 25.7. The van der Waals surface area contributed by atoms with E-state index in [1.165, 1.54) is 5.56 Å². The molecule has 1 aliphatic heterocycles. The average Bonchev–Trinajstić information content (AvgIpc) is 2.56. The van der Waals surface area contributed by atoms with Gasteiger partial charge in [0.05, 0.1) is 6.54 Å². The van der Waals surface area contributed by atoms with E-state index in [1.54, 1.807) is 7.05 Å². The van der Waals surface area contributed by atoms with Crippen LogP contribution in [0.15, 0.2) is 33.7 Å². The smallest absolute Gasteiger partial charge is 0.255 e. The van der Waals surface area contributed by atoms with Gasteiger partial charge in [0.15, 0.2) is 5.96 Å². The van der Waals surface area contributed by atoms with Gasteiger partial charge in [0.2, 0.25) is 0 Å². The number of alkyl halides is 2. The van der Waals surface area contributed by atoms with Crippen LogP contribution in [-0.4, -0.2) is 62.0 Å². The summed E-state index contributed by atoms with van der Waals surface area (Å²) in [6, 6.07) is 8.70. The Balaban J connectivity index is 0.00000288. The van der Waals surface area contributed by atoms with Crippen LogP contribution in [0.25, 0.3) is 0 Å². The lowest BCUT2D eigenvalue weighted by atomic mass is 10.1. The second kappa shape index (κ2) is 10.5. The summed E-state index contributed by atoms with van der Waals surface area (Å²) in [7, 11) is 1.63. The molecular weight excluding hydrogens is 493 g/mol. The fourth-order valence-electron chi connectivity index (χ4n) is 2.77. The first-order valence-corrected chi connectivity index (χ1v) is 8.54. The minimum atomic E-state index is -2.37. The van der Waals surface area contributed by atoms with Gasteiger partial charge in [-0.25, -0.2) is 8.78 Å². The van der Waals surface area contributed by atoms with E-state index in [0.717, 1.165) is 30.7 Å². The monoisotopic (exact) mass is 516 g/mol. The Morgan fingerprint density at radius 3 is 2.29 bits per heavy atom. The van der Waals surface area contributed by atoms with Crippen molar-refractivity contribution in [1.29, 1.82) is 0 Å². The van der Waals surface area contributed by atoms with Crippen molar-refractivity contribution in [2.24, 2.45) is 4.99 Å². The number of piperazine rings is 1. The van der Waals surface area contributed by atoms with Gasteiger partial charge in [-0.1, -0.05) is 28.1 Å². The summed E-state index contributed by atoms with van der Waals surface area (Å²) in [5.41, 5.74) is 1.28. The van der Waals surface area contributed by atoms with Gasteiger partial charge in [0.25, 0.3) is 6.43 Å². The maximum absolute atomic E-state index is 12.3. The van der Waals surface area contributed by atoms with Crippen molar-refractivity contribution in [3.05, 3.63) is 34.3 Å². The van der Waals surface area contributed by atoms with Gasteiger partial charge in [-0.15, -0.1) is 24.0 Å². The van der Waals surface area contributed by atoms with E-state index >= 15 is 0 Å². The van der Waals surface area contributed by atoms with Crippen LogP contribution < -0.4 is 5.32 Å². The minimum absolute atomic E-state index is 0. The molecule has 2 rings (SSSR count). The Morgan fingerprint density at radius 2 is 1.79 bits per heavy atom. The van der Waals surface area contributed by atoms with Crippen molar-refractivity contribution < 1.29 is 8.78 Å². The number of hydrogen-bond donors (Lipinski definition) is 1. The predicted octanol–water partition coefficient (Wildman–Crippen LogP) is 3.59. The number of hydrogen-bond acceptors (Lipinski definition) is 2. The highest BCUT2D eigenvalue weighted by Crippen LogP contribution is 2.23. The van der Waals surface area contributed by atoms with Gasteiger partial charge in [-0.2, -0.15) is 0 Å². The molecule has 0 amide bonds. The molecule has 1 fully saturated rings. The molecule has 1 saturated heterocycles. The van der Waals surface area contributed by atoms with Gasteiger partial charge in [-0.3, -0.25) is 9.89 Å². The SMILES string of the molecule is CN=C(NCC(F)F)N1CCN(C(C)c2ccc(Br)cc2)CC1.I. The molecule has 1 heterocycles. The van der Waals surface area contributed by atoms with E-state index in [9.17, 15) is 8.78 Å². The fraction of sp³-hybridized carbons (Fsp3) is 0.562. The highest BCUT2D eigenvalue weighted by atomic mass is 127. The summed E-state index contributed by atoms with van der Waals surface area (Å²) in [5, 5.41) is 2.72. The van der Waals surface area contributed by atoms with Crippen molar-refractivity contribution in [2.75, 3.05) is 39.8 Å². The van der Waals surface area contributed by atoms with E-state index in [0.29, 0.717) is 12.0 Å². The third-order valence-corrected chi connectivity index (χ3v) is 4.67. The highest BCUT2D eigenvalue weighted by Gasteiger charge is 2.24. The molecule has 24 heavy (non-hydrogen) atoms. The maximum Gasteiger partial charge on any atom is 0.255 e. The zero-order valence-electron chi connectivity index (χ0n) is 13.9. The van der Waals surface area contributed by atoms with Gasteiger partial charge < -0.3 is 10.2 Å². The van der Waals surface area contributed by atoms with Crippen LogP contribution in [0.2, 0.25) is 0 Å². The third-order valence-electron chi connectivity index (χ3n) is 4.14. The number of guanidine groups is 1. The number of nitrogens with one attached hydrogen (secondary N) is 1. The second-order valence-electron chi connectivity index (χ2n) is 5.57. The molecule has 8 heteroatoms. The predicted molar refractivity (Wildman–Crippen MR) is 108 cm³/mol.